The lowest BCUT2D eigenvalue weighted by Gasteiger charge is -2.24. The van der Waals surface area contributed by atoms with Crippen molar-refractivity contribution in [1.82, 2.24) is 4.90 Å². The highest BCUT2D eigenvalue weighted by atomic mass is 16.4. The van der Waals surface area contributed by atoms with Gasteiger partial charge in [-0.15, -0.1) is 0 Å². The molecule has 1 heterocycles. The molecule has 1 aromatic carbocycles. The van der Waals surface area contributed by atoms with E-state index >= 15 is 0 Å². The van der Waals surface area contributed by atoms with Crippen LogP contribution in [0.25, 0.3) is 0 Å². The second-order valence-corrected chi connectivity index (χ2v) is 8.16. The van der Waals surface area contributed by atoms with Gasteiger partial charge in [0.05, 0.1) is 17.7 Å². The summed E-state index contributed by atoms with van der Waals surface area (Å²) in [6.45, 7) is 6.86. The van der Waals surface area contributed by atoms with Gasteiger partial charge in [-0.3, -0.25) is 4.79 Å². The summed E-state index contributed by atoms with van der Waals surface area (Å²) in [6, 6.07) is 6.78. The summed E-state index contributed by atoms with van der Waals surface area (Å²) in [7, 11) is 0. The molecule has 5 heteroatoms. The fourth-order valence-corrected chi connectivity index (χ4v) is 3.26. The van der Waals surface area contributed by atoms with Gasteiger partial charge in [0.2, 0.25) is 5.91 Å². The van der Waals surface area contributed by atoms with E-state index in [1.165, 1.54) is 0 Å². The van der Waals surface area contributed by atoms with Crippen molar-refractivity contribution in [3.8, 4) is 0 Å². The van der Waals surface area contributed by atoms with Gasteiger partial charge in [-0.1, -0.05) is 45.1 Å². The van der Waals surface area contributed by atoms with E-state index in [0.29, 0.717) is 25.8 Å². The molecule has 0 aliphatic carbocycles. The highest BCUT2D eigenvalue weighted by Gasteiger charge is 2.28. The minimum atomic E-state index is -0.940. The number of aliphatic hydroxyl groups is 1. The average molecular weight is 359 g/mol. The molecule has 0 spiro atoms. The standard InChI is InChI=1S/C21H29NO4/c1-21(2,3)14-18(23)10-8-17-9-11-19(24)22(17)13-12-15-4-6-16(7-5-15)20(25)26/h4-8,10,17-18,23H,9,11-14H2,1-3H3,(H,25,26)/t17-,18+/m0/s1. The maximum Gasteiger partial charge on any atom is 0.335 e. The number of rotatable bonds is 7. The molecule has 1 amide bonds. The van der Waals surface area contributed by atoms with Crippen molar-refractivity contribution in [1.29, 1.82) is 0 Å². The lowest BCUT2D eigenvalue weighted by Crippen LogP contribution is -2.33. The zero-order chi connectivity index (χ0) is 19.3. The molecule has 0 bridgehead atoms. The Morgan fingerprint density at radius 1 is 1.31 bits per heavy atom. The maximum atomic E-state index is 12.2. The van der Waals surface area contributed by atoms with Crippen LogP contribution in [0.3, 0.4) is 0 Å². The van der Waals surface area contributed by atoms with Crippen molar-refractivity contribution < 1.29 is 19.8 Å². The number of hydrogen-bond donors (Lipinski definition) is 2. The first-order valence-corrected chi connectivity index (χ1v) is 9.14. The first kappa shape index (κ1) is 20.2. The molecule has 1 aliphatic heterocycles. The molecular formula is C21H29NO4. The van der Waals surface area contributed by atoms with E-state index < -0.39 is 12.1 Å². The van der Waals surface area contributed by atoms with Crippen molar-refractivity contribution in [2.75, 3.05) is 6.54 Å². The number of carbonyl (C=O) groups excluding carboxylic acids is 1. The number of hydrogen-bond acceptors (Lipinski definition) is 3. The maximum absolute atomic E-state index is 12.2. The van der Waals surface area contributed by atoms with Gasteiger partial charge in [0.25, 0.3) is 0 Å². The normalized spacial score (nSPS) is 19.3. The van der Waals surface area contributed by atoms with E-state index in [0.717, 1.165) is 12.0 Å². The van der Waals surface area contributed by atoms with Gasteiger partial charge in [0.15, 0.2) is 0 Å². The molecule has 2 rings (SSSR count). The minimum Gasteiger partial charge on any atom is -0.478 e. The predicted octanol–water partition coefficient (Wildman–Crippen LogP) is 3.27. The summed E-state index contributed by atoms with van der Waals surface area (Å²) in [4.78, 5) is 24.9. The molecule has 26 heavy (non-hydrogen) atoms. The summed E-state index contributed by atoms with van der Waals surface area (Å²) in [5.74, 6) is -0.808. The summed E-state index contributed by atoms with van der Waals surface area (Å²) in [5, 5.41) is 19.1. The first-order valence-electron chi connectivity index (χ1n) is 9.14. The van der Waals surface area contributed by atoms with Crippen molar-refractivity contribution >= 4 is 11.9 Å². The summed E-state index contributed by atoms with van der Waals surface area (Å²) in [5.41, 5.74) is 1.32. The molecule has 2 atom stereocenters. The SMILES string of the molecule is CC(C)(C)C[C@H](O)C=C[C@H]1CCC(=O)N1CCc1ccc(C(=O)O)cc1. The Kier molecular flexibility index (Phi) is 6.59. The van der Waals surface area contributed by atoms with Crippen LogP contribution in [0.1, 0.15) is 56.0 Å². The van der Waals surface area contributed by atoms with Crippen molar-refractivity contribution in [3.05, 3.63) is 47.5 Å². The monoisotopic (exact) mass is 359 g/mol. The molecule has 2 N–H and O–H groups in total. The van der Waals surface area contributed by atoms with Gasteiger partial charge in [0, 0.05) is 13.0 Å². The van der Waals surface area contributed by atoms with E-state index in [2.05, 4.69) is 20.8 Å². The van der Waals surface area contributed by atoms with Crippen LogP contribution in [0.4, 0.5) is 0 Å². The van der Waals surface area contributed by atoms with Crippen LogP contribution in [-0.4, -0.2) is 45.7 Å². The molecule has 5 nitrogen and oxygen atoms in total. The summed E-state index contributed by atoms with van der Waals surface area (Å²) >= 11 is 0. The molecular weight excluding hydrogens is 330 g/mol. The van der Waals surface area contributed by atoms with Gasteiger partial charge in [0.1, 0.15) is 0 Å². The molecule has 0 saturated carbocycles. The third-order valence-electron chi connectivity index (χ3n) is 4.59. The Morgan fingerprint density at radius 2 is 1.96 bits per heavy atom. The fraction of sp³-hybridized carbons (Fsp3) is 0.524. The number of nitrogens with zero attached hydrogens (tertiary/aromatic N) is 1. The molecule has 1 aliphatic rings. The highest BCUT2D eigenvalue weighted by Crippen LogP contribution is 2.24. The summed E-state index contributed by atoms with van der Waals surface area (Å²) in [6.07, 6.45) is 5.92. The van der Waals surface area contributed by atoms with E-state index in [1.807, 2.05) is 17.1 Å². The van der Waals surface area contributed by atoms with Crippen molar-refractivity contribution in [2.24, 2.45) is 5.41 Å². The average Bonchev–Trinajstić information content (AvgIpc) is 2.90. The van der Waals surface area contributed by atoms with Gasteiger partial charge >= 0.3 is 5.97 Å². The lowest BCUT2D eigenvalue weighted by molar-refractivity contribution is -0.128. The van der Waals surface area contributed by atoms with Crippen LogP contribution >= 0.6 is 0 Å². The molecule has 0 aromatic heterocycles. The Bertz CT molecular complexity index is 658. The van der Waals surface area contributed by atoms with E-state index in [4.69, 9.17) is 5.11 Å². The molecule has 142 valence electrons. The Morgan fingerprint density at radius 3 is 2.54 bits per heavy atom. The number of aromatic carboxylic acids is 1. The van der Waals surface area contributed by atoms with Gasteiger partial charge in [-0.25, -0.2) is 4.79 Å². The topological polar surface area (TPSA) is 77.8 Å². The van der Waals surface area contributed by atoms with Crippen LogP contribution in [0.15, 0.2) is 36.4 Å². The summed E-state index contributed by atoms with van der Waals surface area (Å²) < 4.78 is 0. The van der Waals surface area contributed by atoms with Crippen LogP contribution in [0.2, 0.25) is 0 Å². The third kappa shape index (κ3) is 5.99. The van der Waals surface area contributed by atoms with Gasteiger partial charge < -0.3 is 15.1 Å². The zero-order valence-corrected chi connectivity index (χ0v) is 15.8. The first-order chi connectivity index (χ1) is 12.2. The predicted molar refractivity (Wildman–Crippen MR) is 101 cm³/mol. The zero-order valence-electron chi connectivity index (χ0n) is 15.8. The number of likely N-dealkylation sites (tertiary alicyclic amines) is 1. The number of amides is 1. The van der Waals surface area contributed by atoms with Gasteiger partial charge in [-0.2, -0.15) is 0 Å². The smallest absolute Gasteiger partial charge is 0.335 e. The van der Waals surface area contributed by atoms with Crippen LogP contribution in [-0.2, 0) is 11.2 Å². The quantitative estimate of drug-likeness (QED) is 0.733. The van der Waals surface area contributed by atoms with Crippen molar-refractivity contribution in [3.63, 3.8) is 0 Å². The Balaban J connectivity index is 1.93. The number of carbonyl (C=O) groups is 2. The number of carboxylic acid groups (broad SMARTS) is 1. The van der Waals surface area contributed by atoms with E-state index in [9.17, 15) is 14.7 Å². The van der Waals surface area contributed by atoms with Gasteiger partial charge in [-0.05, 0) is 42.4 Å². The number of carboxylic acids is 1. The van der Waals surface area contributed by atoms with E-state index in [1.54, 1.807) is 24.3 Å². The number of benzene rings is 1. The largest absolute Gasteiger partial charge is 0.478 e. The molecule has 1 saturated heterocycles. The Hall–Kier alpha value is -2.14. The van der Waals surface area contributed by atoms with Crippen LogP contribution in [0.5, 0.6) is 0 Å². The number of aliphatic hydroxyl groups excluding tert-OH is 1. The Labute approximate surface area is 155 Å². The highest BCUT2D eigenvalue weighted by molar-refractivity contribution is 5.87. The molecule has 1 fully saturated rings. The minimum absolute atomic E-state index is 0.0235. The fourth-order valence-electron chi connectivity index (χ4n) is 3.26. The van der Waals surface area contributed by atoms with Crippen LogP contribution < -0.4 is 0 Å². The lowest BCUT2D eigenvalue weighted by atomic mass is 9.89. The second kappa shape index (κ2) is 8.49. The van der Waals surface area contributed by atoms with Crippen LogP contribution in [0, 0.1) is 5.41 Å². The second-order valence-electron chi connectivity index (χ2n) is 8.16. The van der Waals surface area contributed by atoms with Crippen molar-refractivity contribution in [2.45, 2.75) is 58.6 Å². The third-order valence-corrected chi connectivity index (χ3v) is 4.59. The molecule has 0 unspecified atom stereocenters. The molecule has 1 aromatic rings. The molecule has 0 radical (unpaired) electrons. The van der Waals surface area contributed by atoms with E-state index in [-0.39, 0.29) is 22.9 Å².